The van der Waals surface area contributed by atoms with Crippen LogP contribution >= 0.6 is 0 Å². The third kappa shape index (κ3) is 1.89. The topological polar surface area (TPSA) is 68.7 Å². The van der Waals surface area contributed by atoms with Crippen molar-refractivity contribution in [2.45, 2.75) is 13.3 Å². The largest absolute Gasteiger partial charge is 0.384 e. The quantitative estimate of drug-likeness (QED) is 0.816. The van der Waals surface area contributed by atoms with E-state index in [2.05, 4.69) is 16.4 Å². The van der Waals surface area contributed by atoms with Crippen LogP contribution in [0.1, 0.15) is 16.8 Å². The molecule has 94 valence electrons. The summed E-state index contributed by atoms with van der Waals surface area (Å²) in [4.78, 5) is 14.5. The van der Waals surface area contributed by atoms with Gasteiger partial charge in [-0.25, -0.2) is 0 Å². The third-order valence-electron chi connectivity index (χ3n) is 3.41. The van der Waals surface area contributed by atoms with Crippen molar-refractivity contribution in [3.63, 3.8) is 0 Å². The van der Waals surface area contributed by atoms with E-state index >= 15 is 0 Å². The van der Waals surface area contributed by atoms with E-state index in [-0.39, 0.29) is 11.1 Å². The Labute approximate surface area is 110 Å². The van der Waals surface area contributed by atoms with Gasteiger partial charge in [-0.2, -0.15) is 5.26 Å². The highest BCUT2D eigenvalue weighted by molar-refractivity contribution is 5.74. The molecular weight excluding hydrogens is 238 g/mol. The monoisotopic (exact) mass is 251 g/mol. The standard InChI is InChI=1S/C15H13N3O/c1-9-6-12(13(8-16)15(19)18-9)10-2-3-14-11(7-10)4-5-17-14/h2-3,6-7,17H,4-5H2,1H3,(H,18,19). The van der Waals surface area contributed by atoms with Crippen molar-refractivity contribution in [2.75, 3.05) is 11.9 Å². The second-order valence-electron chi connectivity index (χ2n) is 4.73. The molecule has 2 N–H and O–H groups in total. The number of anilines is 1. The maximum atomic E-state index is 11.8. The van der Waals surface area contributed by atoms with Gasteiger partial charge < -0.3 is 10.3 Å². The van der Waals surface area contributed by atoms with E-state index in [4.69, 9.17) is 5.26 Å². The van der Waals surface area contributed by atoms with Crippen LogP contribution in [-0.4, -0.2) is 11.5 Å². The number of nitriles is 1. The first-order valence-electron chi connectivity index (χ1n) is 6.20. The van der Waals surface area contributed by atoms with Gasteiger partial charge in [0.1, 0.15) is 11.6 Å². The van der Waals surface area contributed by atoms with E-state index in [1.165, 1.54) is 5.56 Å². The number of H-pyrrole nitrogens is 1. The normalized spacial score (nSPS) is 12.6. The molecule has 0 saturated heterocycles. The number of pyridine rings is 1. The first-order valence-corrected chi connectivity index (χ1v) is 6.20. The van der Waals surface area contributed by atoms with Crippen LogP contribution in [0.3, 0.4) is 0 Å². The number of rotatable bonds is 1. The van der Waals surface area contributed by atoms with Crippen molar-refractivity contribution in [3.05, 3.63) is 51.4 Å². The van der Waals surface area contributed by atoms with E-state index < -0.39 is 0 Å². The van der Waals surface area contributed by atoms with Crippen LogP contribution in [0.15, 0.2) is 29.1 Å². The Kier molecular flexibility index (Phi) is 2.60. The van der Waals surface area contributed by atoms with Gasteiger partial charge >= 0.3 is 0 Å². The molecular formula is C15H13N3O. The fourth-order valence-corrected chi connectivity index (χ4v) is 2.50. The molecule has 0 amide bonds. The highest BCUT2D eigenvalue weighted by Crippen LogP contribution is 2.29. The van der Waals surface area contributed by atoms with E-state index in [1.54, 1.807) is 0 Å². The minimum absolute atomic E-state index is 0.177. The molecule has 0 radical (unpaired) electrons. The zero-order valence-corrected chi connectivity index (χ0v) is 10.6. The SMILES string of the molecule is Cc1cc(-c2ccc3c(c2)CCN3)c(C#N)c(=O)[nH]1. The lowest BCUT2D eigenvalue weighted by molar-refractivity contribution is 1.10. The number of aromatic nitrogens is 1. The van der Waals surface area contributed by atoms with Crippen molar-refractivity contribution in [2.24, 2.45) is 0 Å². The number of aromatic amines is 1. The highest BCUT2D eigenvalue weighted by Gasteiger charge is 2.14. The summed E-state index contributed by atoms with van der Waals surface area (Å²) in [6.07, 6.45) is 0.979. The molecule has 0 spiro atoms. The molecule has 1 aliphatic rings. The molecule has 0 bridgehead atoms. The zero-order chi connectivity index (χ0) is 13.4. The number of nitrogens with one attached hydrogen (secondary N) is 2. The lowest BCUT2D eigenvalue weighted by Crippen LogP contribution is -2.12. The smallest absolute Gasteiger partial charge is 0.266 e. The minimum atomic E-state index is -0.323. The van der Waals surface area contributed by atoms with Crippen LogP contribution in [0.4, 0.5) is 5.69 Å². The number of fused-ring (bicyclic) bond motifs is 1. The summed E-state index contributed by atoms with van der Waals surface area (Å²) in [5.41, 5.74) is 4.63. The molecule has 0 fully saturated rings. The van der Waals surface area contributed by atoms with Gasteiger partial charge in [-0.05, 0) is 42.7 Å². The third-order valence-corrected chi connectivity index (χ3v) is 3.41. The van der Waals surface area contributed by atoms with Crippen LogP contribution in [0.2, 0.25) is 0 Å². The van der Waals surface area contributed by atoms with Gasteiger partial charge in [0.2, 0.25) is 0 Å². The molecule has 4 nitrogen and oxygen atoms in total. The summed E-state index contributed by atoms with van der Waals surface area (Å²) in [5.74, 6) is 0. The average molecular weight is 251 g/mol. The van der Waals surface area contributed by atoms with Crippen LogP contribution in [-0.2, 0) is 6.42 Å². The number of aryl methyl sites for hydroxylation is 1. The number of hydrogen-bond donors (Lipinski definition) is 2. The minimum Gasteiger partial charge on any atom is -0.384 e. The Hall–Kier alpha value is -2.54. The molecule has 1 aliphatic heterocycles. The molecule has 1 aromatic heterocycles. The predicted molar refractivity (Wildman–Crippen MR) is 74.1 cm³/mol. The van der Waals surface area contributed by atoms with Crippen molar-refractivity contribution >= 4 is 5.69 Å². The lowest BCUT2D eigenvalue weighted by atomic mass is 9.98. The molecule has 0 atom stereocenters. The van der Waals surface area contributed by atoms with Crippen LogP contribution < -0.4 is 10.9 Å². The first kappa shape index (κ1) is 11.5. The molecule has 0 aliphatic carbocycles. The Morgan fingerprint density at radius 3 is 2.95 bits per heavy atom. The lowest BCUT2D eigenvalue weighted by Gasteiger charge is -2.07. The highest BCUT2D eigenvalue weighted by atomic mass is 16.1. The summed E-state index contributed by atoms with van der Waals surface area (Å²) in [7, 11) is 0. The molecule has 19 heavy (non-hydrogen) atoms. The maximum Gasteiger partial charge on any atom is 0.266 e. The predicted octanol–water partition coefficient (Wildman–Crippen LogP) is 2.19. The average Bonchev–Trinajstić information content (AvgIpc) is 2.85. The molecule has 2 heterocycles. The van der Waals surface area contributed by atoms with Crippen molar-refractivity contribution in [1.29, 1.82) is 5.26 Å². The summed E-state index contributed by atoms with van der Waals surface area (Å²) < 4.78 is 0. The second kappa shape index (κ2) is 4.29. The molecule has 0 saturated carbocycles. The molecule has 1 aromatic carbocycles. The summed E-state index contributed by atoms with van der Waals surface area (Å²) in [6.45, 7) is 2.76. The summed E-state index contributed by atoms with van der Waals surface area (Å²) in [6, 6.07) is 9.87. The number of nitrogens with zero attached hydrogens (tertiary/aromatic N) is 1. The Morgan fingerprint density at radius 1 is 1.32 bits per heavy atom. The number of hydrogen-bond acceptors (Lipinski definition) is 3. The van der Waals surface area contributed by atoms with Gasteiger partial charge in [0.05, 0.1) is 0 Å². The van der Waals surface area contributed by atoms with Crippen LogP contribution in [0.5, 0.6) is 0 Å². The van der Waals surface area contributed by atoms with Gasteiger partial charge in [-0.3, -0.25) is 4.79 Å². The Balaban J connectivity index is 2.23. The van der Waals surface area contributed by atoms with E-state index in [9.17, 15) is 4.79 Å². The van der Waals surface area contributed by atoms with Crippen LogP contribution in [0.25, 0.3) is 11.1 Å². The zero-order valence-electron chi connectivity index (χ0n) is 10.6. The number of benzene rings is 1. The van der Waals surface area contributed by atoms with Gasteiger partial charge in [0, 0.05) is 23.5 Å². The fraction of sp³-hybridized carbons (Fsp3) is 0.200. The van der Waals surface area contributed by atoms with Crippen molar-refractivity contribution < 1.29 is 0 Å². The molecule has 0 unspecified atom stereocenters. The second-order valence-corrected chi connectivity index (χ2v) is 4.73. The summed E-state index contributed by atoms with van der Waals surface area (Å²) in [5, 5.41) is 12.5. The van der Waals surface area contributed by atoms with Gasteiger partial charge in [-0.1, -0.05) is 6.07 Å². The van der Waals surface area contributed by atoms with Gasteiger partial charge in [-0.15, -0.1) is 0 Å². The van der Waals surface area contributed by atoms with E-state index in [0.717, 1.165) is 29.9 Å². The van der Waals surface area contributed by atoms with Gasteiger partial charge in [0.15, 0.2) is 0 Å². The molecule has 3 rings (SSSR count). The van der Waals surface area contributed by atoms with Crippen molar-refractivity contribution in [1.82, 2.24) is 4.98 Å². The summed E-state index contributed by atoms with van der Waals surface area (Å²) >= 11 is 0. The maximum absolute atomic E-state index is 11.8. The Bertz CT molecular complexity index is 753. The fourth-order valence-electron chi connectivity index (χ4n) is 2.50. The first-order chi connectivity index (χ1) is 9.19. The van der Waals surface area contributed by atoms with Crippen molar-refractivity contribution in [3.8, 4) is 17.2 Å². The van der Waals surface area contributed by atoms with Crippen LogP contribution in [0, 0.1) is 18.3 Å². The van der Waals surface area contributed by atoms with E-state index in [1.807, 2.05) is 31.2 Å². The molecule has 4 heteroatoms. The Morgan fingerprint density at radius 2 is 2.16 bits per heavy atom. The molecule has 2 aromatic rings. The van der Waals surface area contributed by atoms with Gasteiger partial charge in [0.25, 0.3) is 5.56 Å². The van der Waals surface area contributed by atoms with E-state index in [0.29, 0.717) is 5.56 Å².